The molecule has 0 unspecified atom stereocenters. The van der Waals surface area contributed by atoms with Crippen LogP contribution in [0.1, 0.15) is 43.4 Å². The molecule has 0 aromatic heterocycles. The second-order valence-electron chi connectivity index (χ2n) is 8.02. The quantitative estimate of drug-likeness (QED) is 0.478. The second-order valence-corrected chi connectivity index (χ2v) is 8.02. The van der Waals surface area contributed by atoms with Crippen LogP contribution in [0.25, 0.3) is 11.1 Å². The maximum Gasteiger partial charge on any atom is 0.303 e. The van der Waals surface area contributed by atoms with Crippen molar-refractivity contribution in [1.82, 2.24) is 5.32 Å². The lowest BCUT2D eigenvalue weighted by Crippen LogP contribution is -2.26. The van der Waals surface area contributed by atoms with Crippen LogP contribution in [-0.4, -0.2) is 44.9 Å². The highest BCUT2D eigenvalue weighted by Gasteiger charge is 2.29. The van der Waals surface area contributed by atoms with Crippen LogP contribution in [0.3, 0.4) is 0 Å². The highest BCUT2D eigenvalue weighted by atomic mass is 16.5. The third-order valence-electron chi connectivity index (χ3n) is 5.80. The molecule has 0 spiro atoms. The van der Waals surface area contributed by atoms with E-state index in [4.69, 9.17) is 19.3 Å². The van der Waals surface area contributed by atoms with Gasteiger partial charge >= 0.3 is 5.97 Å². The van der Waals surface area contributed by atoms with Gasteiger partial charge in [-0.2, -0.15) is 0 Å². The van der Waals surface area contributed by atoms with Gasteiger partial charge in [0.25, 0.3) is 0 Å². The minimum absolute atomic E-state index is 0.00740. The summed E-state index contributed by atoms with van der Waals surface area (Å²) in [5.74, 6) is 0.365. The standard InChI is InChI=1S/C25H30N2O7/c1-14(28)27-18-9-7-15-12-21(32-2)24(33-3)25(34-4)23(15)16-8-10-19(20(29)13-17(16)18)26-11-5-6-22(30)31/h8,10,12-13,18H,5-7,9,11H2,1-4H3,(H,26,29)(H,27,28)(H,30,31)/t18-/m1/s1. The molecule has 9 heteroatoms. The molecule has 1 atom stereocenters. The van der Waals surface area contributed by atoms with Gasteiger partial charge in [-0.15, -0.1) is 0 Å². The Bertz CT molecular complexity index is 1150. The molecule has 1 amide bonds. The van der Waals surface area contributed by atoms with Gasteiger partial charge in [0.2, 0.25) is 17.1 Å². The van der Waals surface area contributed by atoms with E-state index >= 15 is 0 Å². The molecule has 3 rings (SSSR count). The number of aryl methyl sites for hydroxylation is 1. The molecule has 9 nitrogen and oxygen atoms in total. The van der Waals surface area contributed by atoms with Crippen molar-refractivity contribution in [2.45, 2.75) is 38.6 Å². The maximum atomic E-state index is 13.1. The molecular weight excluding hydrogens is 440 g/mol. The highest BCUT2D eigenvalue weighted by Crippen LogP contribution is 2.50. The summed E-state index contributed by atoms with van der Waals surface area (Å²) in [4.78, 5) is 35.8. The fourth-order valence-corrected chi connectivity index (χ4v) is 4.32. The van der Waals surface area contributed by atoms with Gasteiger partial charge in [0.15, 0.2) is 11.5 Å². The molecule has 0 fully saturated rings. The molecule has 3 N–H and O–H groups in total. The number of ether oxygens (including phenoxy) is 3. The third kappa shape index (κ3) is 5.24. The van der Waals surface area contributed by atoms with Crippen LogP contribution in [0.4, 0.5) is 5.69 Å². The van der Waals surface area contributed by atoms with Crippen molar-refractivity contribution in [3.8, 4) is 28.4 Å². The number of hydrogen-bond donors (Lipinski definition) is 3. The first kappa shape index (κ1) is 24.9. The SMILES string of the molecule is COc1cc2c(c(OC)c1OC)-c1ccc(NCCCC(=O)O)c(=O)cc1[C@H](NC(C)=O)CC2. The van der Waals surface area contributed by atoms with Crippen LogP contribution in [0.15, 0.2) is 29.1 Å². The Morgan fingerprint density at radius 1 is 1.09 bits per heavy atom. The summed E-state index contributed by atoms with van der Waals surface area (Å²) in [5.41, 5.74) is 3.22. The zero-order valence-corrected chi connectivity index (χ0v) is 19.8. The largest absolute Gasteiger partial charge is 0.493 e. The van der Waals surface area contributed by atoms with Crippen molar-refractivity contribution in [3.63, 3.8) is 0 Å². The molecule has 0 bridgehead atoms. The number of carboxylic acids is 1. The number of fused-ring (bicyclic) bond motifs is 3. The van der Waals surface area contributed by atoms with E-state index in [1.165, 1.54) is 20.1 Å². The van der Waals surface area contributed by atoms with Crippen molar-refractivity contribution < 1.29 is 28.9 Å². The normalized spacial score (nSPS) is 14.2. The molecule has 34 heavy (non-hydrogen) atoms. The van der Waals surface area contributed by atoms with E-state index in [1.807, 2.05) is 12.1 Å². The van der Waals surface area contributed by atoms with Crippen LogP contribution < -0.4 is 30.3 Å². The lowest BCUT2D eigenvalue weighted by molar-refractivity contribution is -0.137. The summed E-state index contributed by atoms with van der Waals surface area (Å²) in [6.45, 7) is 1.79. The fourth-order valence-electron chi connectivity index (χ4n) is 4.32. The van der Waals surface area contributed by atoms with Gasteiger partial charge < -0.3 is 30.0 Å². The first-order chi connectivity index (χ1) is 16.3. The predicted octanol–water partition coefficient (Wildman–Crippen LogP) is 3.14. The molecule has 0 radical (unpaired) electrons. The number of amides is 1. The molecule has 0 saturated heterocycles. The maximum absolute atomic E-state index is 13.1. The second kappa shape index (κ2) is 10.9. The molecule has 2 aromatic carbocycles. The molecule has 0 saturated carbocycles. The Labute approximate surface area is 198 Å². The van der Waals surface area contributed by atoms with E-state index in [2.05, 4.69) is 10.6 Å². The highest BCUT2D eigenvalue weighted by molar-refractivity contribution is 5.83. The number of benzene rings is 1. The molecule has 2 aromatic rings. The molecule has 182 valence electrons. The van der Waals surface area contributed by atoms with E-state index in [9.17, 15) is 14.4 Å². The number of carboxylic acid groups (broad SMARTS) is 1. The van der Waals surface area contributed by atoms with Crippen LogP contribution >= 0.6 is 0 Å². The number of rotatable bonds is 9. The van der Waals surface area contributed by atoms with Crippen molar-refractivity contribution in [2.24, 2.45) is 0 Å². The van der Waals surface area contributed by atoms with Gasteiger partial charge in [-0.1, -0.05) is 6.07 Å². The summed E-state index contributed by atoms with van der Waals surface area (Å²) < 4.78 is 16.9. The van der Waals surface area contributed by atoms with Gasteiger partial charge in [-0.25, -0.2) is 0 Å². The lowest BCUT2D eigenvalue weighted by Gasteiger charge is -2.19. The zero-order chi connectivity index (χ0) is 24.8. The number of methoxy groups -OCH3 is 3. The first-order valence-electron chi connectivity index (χ1n) is 11.0. The smallest absolute Gasteiger partial charge is 0.303 e. The molecule has 0 heterocycles. The summed E-state index contributed by atoms with van der Waals surface area (Å²) in [6, 6.07) is 6.54. The van der Waals surface area contributed by atoms with Crippen LogP contribution in [0.5, 0.6) is 17.2 Å². The van der Waals surface area contributed by atoms with Gasteiger partial charge in [0.1, 0.15) is 0 Å². The van der Waals surface area contributed by atoms with Crippen molar-refractivity contribution in [1.29, 1.82) is 0 Å². The number of carbonyl (C=O) groups is 2. The summed E-state index contributed by atoms with van der Waals surface area (Å²) in [5, 5.41) is 14.8. The molecule has 1 aliphatic carbocycles. The Morgan fingerprint density at radius 3 is 2.44 bits per heavy atom. The average Bonchev–Trinajstić information content (AvgIpc) is 3.04. The number of nitrogens with one attached hydrogen (secondary N) is 2. The van der Waals surface area contributed by atoms with E-state index < -0.39 is 5.97 Å². The molecular formula is C25H30N2O7. The monoisotopic (exact) mass is 470 g/mol. The predicted molar refractivity (Wildman–Crippen MR) is 128 cm³/mol. The minimum atomic E-state index is -0.888. The Hall–Kier alpha value is -3.75. The first-order valence-corrected chi connectivity index (χ1v) is 11.0. The number of hydrogen-bond acceptors (Lipinski definition) is 7. The third-order valence-corrected chi connectivity index (χ3v) is 5.80. The van der Waals surface area contributed by atoms with E-state index in [-0.39, 0.29) is 23.8 Å². The van der Waals surface area contributed by atoms with Crippen LogP contribution in [-0.2, 0) is 16.0 Å². The van der Waals surface area contributed by atoms with Gasteiger partial charge in [-0.3, -0.25) is 14.4 Å². The van der Waals surface area contributed by atoms with E-state index in [0.717, 1.165) is 16.7 Å². The number of anilines is 1. The Morgan fingerprint density at radius 2 is 1.82 bits per heavy atom. The van der Waals surface area contributed by atoms with Crippen LogP contribution in [0.2, 0.25) is 0 Å². The summed E-state index contributed by atoms with van der Waals surface area (Å²) in [7, 11) is 4.63. The van der Waals surface area contributed by atoms with Crippen molar-refractivity contribution in [2.75, 3.05) is 33.2 Å². The summed E-state index contributed by atoms with van der Waals surface area (Å²) in [6.07, 6.45) is 1.58. The van der Waals surface area contributed by atoms with Gasteiger partial charge in [0.05, 0.1) is 33.1 Å². The Balaban J connectivity index is 2.22. The molecule has 1 aliphatic rings. The van der Waals surface area contributed by atoms with Crippen molar-refractivity contribution in [3.05, 3.63) is 45.6 Å². The number of carbonyl (C=O) groups excluding carboxylic acids is 1. The lowest BCUT2D eigenvalue weighted by atomic mass is 9.95. The summed E-state index contributed by atoms with van der Waals surface area (Å²) >= 11 is 0. The van der Waals surface area contributed by atoms with Crippen LogP contribution in [0, 0.1) is 0 Å². The topological polar surface area (TPSA) is 123 Å². The zero-order valence-electron chi connectivity index (χ0n) is 19.8. The average molecular weight is 471 g/mol. The van der Waals surface area contributed by atoms with Crippen molar-refractivity contribution >= 4 is 17.6 Å². The Kier molecular flexibility index (Phi) is 7.99. The van der Waals surface area contributed by atoms with E-state index in [0.29, 0.717) is 54.3 Å². The number of aliphatic carboxylic acids is 1. The van der Waals surface area contributed by atoms with Gasteiger partial charge in [-0.05, 0) is 54.2 Å². The fraction of sp³-hybridized carbons (Fsp3) is 0.400. The minimum Gasteiger partial charge on any atom is -0.493 e. The molecule has 0 aliphatic heterocycles. The van der Waals surface area contributed by atoms with Gasteiger partial charge in [0, 0.05) is 25.5 Å². The van der Waals surface area contributed by atoms with E-state index in [1.54, 1.807) is 20.3 Å².